The minimum atomic E-state index is 0.789. The number of rotatable bonds is 4. The molecular formula is C14H18ClN3S. The maximum absolute atomic E-state index is 5.97. The topological polar surface area (TPSA) is 21.1 Å². The van der Waals surface area contributed by atoms with Crippen LogP contribution in [0.25, 0.3) is 0 Å². The van der Waals surface area contributed by atoms with Crippen molar-refractivity contribution in [1.29, 1.82) is 0 Å². The highest BCUT2D eigenvalue weighted by atomic mass is 35.5. The van der Waals surface area contributed by atoms with Gasteiger partial charge in [-0.15, -0.1) is 11.3 Å². The van der Waals surface area contributed by atoms with Gasteiger partial charge < -0.3 is 4.57 Å². The monoisotopic (exact) mass is 295 g/mol. The Balaban J connectivity index is 1.46. The average molecular weight is 296 g/mol. The molecule has 0 bridgehead atoms. The maximum atomic E-state index is 5.97. The molecule has 3 nitrogen and oxygen atoms in total. The van der Waals surface area contributed by atoms with E-state index in [1.807, 2.05) is 18.6 Å². The fourth-order valence-corrected chi connectivity index (χ4v) is 3.81. The van der Waals surface area contributed by atoms with Crippen LogP contribution in [0.4, 0.5) is 0 Å². The second-order valence-electron chi connectivity index (χ2n) is 5.18. The Morgan fingerprint density at radius 2 is 2.16 bits per heavy atom. The number of aromatic nitrogens is 2. The van der Waals surface area contributed by atoms with Crippen LogP contribution >= 0.6 is 22.9 Å². The third-order valence-electron chi connectivity index (χ3n) is 3.74. The maximum Gasteiger partial charge on any atom is 0.0945 e. The fourth-order valence-electron chi connectivity index (χ4n) is 2.68. The molecule has 102 valence electrons. The molecule has 3 heterocycles. The van der Waals surface area contributed by atoms with Crippen molar-refractivity contribution in [3.05, 3.63) is 40.1 Å². The molecule has 0 aliphatic carbocycles. The SMILES string of the molecule is Clc1ccc(CN2CCC(Cn3ccnc3)CC2)s1. The number of piperidine rings is 1. The van der Waals surface area contributed by atoms with Crippen molar-refractivity contribution in [2.45, 2.75) is 25.9 Å². The summed E-state index contributed by atoms with van der Waals surface area (Å²) in [5.41, 5.74) is 0. The molecule has 0 atom stereocenters. The van der Waals surface area contributed by atoms with Crippen LogP contribution in [0.1, 0.15) is 17.7 Å². The first-order chi connectivity index (χ1) is 9.29. The molecule has 19 heavy (non-hydrogen) atoms. The van der Waals surface area contributed by atoms with Gasteiger partial charge >= 0.3 is 0 Å². The summed E-state index contributed by atoms with van der Waals surface area (Å²) in [6.45, 7) is 4.54. The smallest absolute Gasteiger partial charge is 0.0945 e. The molecular weight excluding hydrogens is 278 g/mol. The predicted octanol–water partition coefficient (Wildman–Crippen LogP) is 3.51. The average Bonchev–Trinajstić information content (AvgIpc) is 3.04. The van der Waals surface area contributed by atoms with Crippen LogP contribution in [0, 0.1) is 5.92 Å². The van der Waals surface area contributed by atoms with E-state index in [1.165, 1.54) is 30.8 Å². The quantitative estimate of drug-likeness (QED) is 0.861. The van der Waals surface area contributed by atoms with Crippen molar-refractivity contribution in [3.63, 3.8) is 0 Å². The van der Waals surface area contributed by atoms with E-state index in [2.05, 4.69) is 26.7 Å². The van der Waals surface area contributed by atoms with Crippen molar-refractivity contribution in [2.75, 3.05) is 13.1 Å². The van der Waals surface area contributed by atoms with Gasteiger partial charge in [0.25, 0.3) is 0 Å². The van der Waals surface area contributed by atoms with Crippen LogP contribution in [0.15, 0.2) is 30.9 Å². The first kappa shape index (κ1) is 13.2. The second-order valence-corrected chi connectivity index (χ2v) is 6.98. The van der Waals surface area contributed by atoms with E-state index >= 15 is 0 Å². The molecule has 1 aliphatic heterocycles. The van der Waals surface area contributed by atoms with Crippen LogP contribution in [0.5, 0.6) is 0 Å². The minimum Gasteiger partial charge on any atom is -0.337 e. The van der Waals surface area contributed by atoms with Crippen molar-refractivity contribution in [2.24, 2.45) is 5.92 Å². The van der Waals surface area contributed by atoms with Crippen LogP contribution in [-0.4, -0.2) is 27.5 Å². The third-order valence-corrected chi connectivity index (χ3v) is 4.96. The summed E-state index contributed by atoms with van der Waals surface area (Å²) in [5, 5.41) is 0. The molecule has 5 heteroatoms. The highest BCUT2D eigenvalue weighted by molar-refractivity contribution is 7.16. The van der Waals surface area contributed by atoms with Gasteiger partial charge in [0, 0.05) is 30.4 Å². The molecule has 0 amide bonds. The molecule has 1 saturated heterocycles. The van der Waals surface area contributed by atoms with E-state index in [-0.39, 0.29) is 0 Å². The summed E-state index contributed by atoms with van der Waals surface area (Å²) in [6.07, 6.45) is 8.38. The van der Waals surface area contributed by atoms with Crippen molar-refractivity contribution >= 4 is 22.9 Å². The lowest BCUT2D eigenvalue weighted by molar-refractivity contribution is 0.168. The van der Waals surface area contributed by atoms with E-state index in [9.17, 15) is 0 Å². The van der Waals surface area contributed by atoms with Gasteiger partial charge in [-0.3, -0.25) is 4.90 Å². The standard InChI is InChI=1S/C14H18ClN3S/c15-14-2-1-13(19-14)10-17-6-3-12(4-7-17)9-18-8-5-16-11-18/h1-2,5,8,11-12H,3-4,6-7,9-10H2. The predicted molar refractivity (Wildman–Crippen MR) is 79.6 cm³/mol. The molecule has 0 radical (unpaired) electrons. The van der Waals surface area contributed by atoms with Gasteiger partial charge in [0.05, 0.1) is 10.7 Å². The Morgan fingerprint density at radius 3 is 2.79 bits per heavy atom. The van der Waals surface area contributed by atoms with Crippen LogP contribution in [0.2, 0.25) is 4.34 Å². The van der Waals surface area contributed by atoms with Gasteiger partial charge in [-0.2, -0.15) is 0 Å². The Kier molecular flexibility index (Phi) is 4.21. The fraction of sp³-hybridized carbons (Fsp3) is 0.500. The van der Waals surface area contributed by atoms with Gasteiger partial charge in [0.2, 0.25) is 0 Å². The largest absolute Gasteiger partial charge is 0.337 e. The number of nitrogens with zero attached hydrogens (tertiary/aromatic N) is 3. The summed E-state index contributed by atoms with van der Waals surface area (Å²) < 4.78 is 3.09. The molecule has 0 saturated carbocycles. The lowest BCUT2D eigenvalue weighted by Crippen LogP contribution is -2.34. The van der Waals surface area contributed by atoms with E-state index in [4.69, 9.17) is 11.6 Å². The summed E-state index contributed by atoms with van der Waals surface area (Å²) in [5.74, 6) is 0.789. The number of halogens is 1. The van der Waals surface area contributed by atoms with Crippen LogP contribution in [0.3, 0.4) is 0 Å². The molecule has 1 fully saturated rings. The van der Waals surface area contributed by atoms with Gasteiger partial charge in [-0.1, -0.05) is 11.6 Å². The number of hydrogen-bond acceptors (Lipinski definition) is 3. The number of thiophene rings is 1. The summed E-state index contributed by atoms with van der Waals surface area (Å²) >= 11 is 7.67. The van der Waals surface area contributed by atoms with Gasteiger partial charge in [-0.05, 0) is 44.0 Å². The number of hydrogen-bond donors (Lipinski definition) is 0. The zero-order chi connectivity index (χ0) is 13.1. The van der Waals surface area contributed by atoms with E-state index in [0.29, 0.717) is 0 Å². The van der Waals surface area contributed by atoms with E-state index in [0.717, 1.165) is 23.3 Å². The zero-order valence-electron chi connectivity index (χ0n) is 10.8. The van der Waals surface area contributed by atoms with Gasteiger partial charge in [0.1, 0.15) is 0 Å². The highest BCUT2D eigenvalue weighted by Crippen LogP contribution is 2.25. The third kappa shape index (κ3) is 3.59. The summed E-state index contributed by atoms with van der Waals surface area (Å²) in [7, 11) is 0. The van der Waals surface area contributed by atoms with E-state index < -0.39 is 0 Å². The molecule has 2 aromatic heterocycles. The first-order valence-corrected chi connectivity index (χ1v) is 7.91. The lowest BCUT2D eigenvalue weighted by Gasteiger charge is -2.31. The van der Waals surface area contributed by atoms with Crippen LogP contribution in [-0.2, 0) is 13.1 Å². The molecule has 0 unspecified atom stereocenters. The van der Waals surface area contributed by atoms with Gasteiger partial charge in [-0.25, -0.2) is 4.98 Å². The Bertz CT molecular complexity index is 501. The number of imidazole rings is 1. The van der Waals surface area contributed by atoms with Gasteiger partial charge in [0.15, 0.2) is 0 Å². The Labute approximate surface area is 122 Å². The highest BCUT2D eigenvalue weighted by Gasteiger charge is 2.19. The van der Waals surface area contributed by atoms with Crippen molar-refractivity contribution < 1.29 is 0 Å². The summed E-state index contributed by atoms with van der Waals surface area (Å²) in [4.78, 5) is 8.01. The molecule has 1 aliphatic rings. The lowest BCUT2D eigenvalue weighted by atomic mass is 9.97. The normalized spacial score (nSPS) is 17.9. The zero-order valence-corrected chi connectivity index (χ0v) is 12.4. The molecule has 3 rings (SSSR count). The first-order valence-electron chi connectivity index (χ1n) is 6.72. The van der Waals surface area contributed by atoms with Crippen molar-refractivity contribution in [3.8, 4) is 0 Å². The Morgan fingerprint density at radius 1 is 1.32 bits per heavy atom. The minimum absolute atomic E-state index is 0.789. The van der Waals surface area contributed by atoms with Crippen molar-refractivity contribution in [1.82, 2.24) is 14.5 Å². The number of likely N-dealkylation sites (tertiary alicyclic amines) is 1. The molecule has 0 aromatic carbocycles. The second kappa shape index (κ2) is 6.07. The van der Waals surface area contributed by atoms with E-state index in [1.54, 1.807) is 11.3 Å². The molecule has 0 spiro atoms. The molecule has 0 N–H and O–H groups in total. The Hall–Kier alpha value is -0.840. The summed E-state index contributed by atoms with van der Waals surface area (Å²) in [6, 6.07) is 4.14. The van der Waals surface area contributed by atoms with Crippen LogP contribution < -0.4 is 0 Å². The molecule has 2 aromatic rings.